The first-order chi connectivity index (χ1) is 11.2. The lowest BCUT2D eigenvalue weighted by atomic mass is 10.0. The van der Waals surface area contributed by atoms with Crippen LogP contribution in [0.3, 0.4) is 0 Å². The second-order valence-corrected chi connectivity index (χ2v) is 6.49. The summed E-state index contributed by atoms with van der Waals surface area (Å²) >= 11 is 0. The van der Waals surface area contributed by atoms with Gasteiger partial charge in [-0.25, -0.2) is 0 Å². The van der Waals surface area contributed by atoms with Crippen LogP contribution in [0.25, 0.3) is 0 Å². The quantitative estimate of drug-likeness (QED) is 0.869. The summed E-state index contributed by atoms with van der Waals surface area (Å²) < 4.78 is 0. The predicted molar refractivity (Wildman–Crippen MR) is 87.8 cm³/mol. The molecule has 2 aliphatic rings. The van der Waals surface area contributed by atoms with Crippen LogP contribution in [0.5, 0.6) is 0 Å². The fourth-order valence-electron chi connectivity index (χ4n) is 3.74. The lowest BCUT2D eigenvalue weighted by Gasteiger charge is -2.21. The highest BCUT2D eigenvalue weighted by atomic mass is 16.2. The molecule has 0 spiro atoms. The minimum Gasteiger partial charge on any atom is -0.310 e. The van der Waals surface area contributed by atoms with Gasteiger partial charge in [0.2, 0.25) is 5.91 Å². The van der Waals surface area contributed by atoms with Crippen LogP contribution >= 0.6 is 0 Å². The number of anilines is 1. The summed E-state index contributed by atoms with van der Waals surface area (Å²) in [5.74, 6) is 0.759. The van der Waals surface area contributed by atoms with Crippen molar-refractivity contribution in [3.05, 3.63) is 54.1 Å². The van der Waals surface area contributed by atoms with Crippen molar-refractivity contribution in [3.63, 3.8) is 0 Å². The molecule has 2 fully saturated rings. The number of pyridine rings is 2. The number of hydrogen-bond acceptors (Lipinski definition) is 4. The van der Waals surface area contributed by atoms with E-state index in [0.29, 0.717) is 5.92 Å². The molecule has 2 atom stereocenters. The number of fused-ring (bicyclic) bond motifs is 1. The van der Waals surface area contributed by atoms with E-state index in [4.69, 9.17) is 0 Å². The van der Waals surface area contributed by atoms with Crippen LogP contribution in [-0.4, -0.2) is 40.4 Å². The zero-order valence-corrected chi connectivity index (χ0v) is 13.2. The van der Waals surface area contributed by atoms with E-state index in [1.165, 1.54) is 0 Å². The highest BCUT2D eigenvalue weighted by molar-refractivity contribution is 5.97. The molecule has 2 aliphatic heterocycles. The molecule has 0 unspecified atom stereocenters. The molecule has 1 amide bonds. The largest absolute Gasteiger partial charge is 0.310 e. The SMILES string of the molecule is Cc1cccc(CN2C[C@@H]3CN(c4cccnc4)C(=O)[C@@H]3C2)n1. The van der Waals surface area contributed by atoms with E-state index in [2.05, 4.69) is 20.9 Å². The Morgan fingerprint density at radius 3 is 2.83 bits per heavy atom. The van der Waals surface area contributed by atoms with E-state index < -0.39 is 0 Å². The summed E-state index contributed by atoms with van der Waals surface area (Å²) in [5, 5.41) is 0. The molecule has 5 heteroatoms. The summed E-state index contributed by atoms with van der Waals surface area (Å²) in [6.45, 7) is 5.43. The zero-order chi connectivity index (χ0) is 15.8. The van der Waals surface area contributed by atoms with E-state index >= 15 is 0 Å². The van der Waals surface area contributed by atoms with Crippen molar-refractivity contribution in [1.82, 2.24) is 14.9 Å². The van der Waals surface area contributed by atoms with Crippen molar-refractivity contribution in [2.45, 2.75) is 13.5 Å². The molecule has 0 aliphatic carbocycles. The standard InChI is InChI=1S/C18H20N4O/c1-13-4-2-5-15(20-13)11-21-9-14-10-22(18(23)17(14)12-21)16-6-3-7-19-8-16/h2-8,14,17H,9-12H2,1H3/t14-,17-/m1/s1. The van der Waals surface area contributed by atoms with Crippen LogP contribution in [0.2, 0.25) is 0 Å². The predicted octanol–water partition coefficient (Wildman–Crippen LogP) is 1.88. The Hall–Kier alpha value is -2.27. The lowest BCUT2D eigenvalue weighted by molar-refractivity contribution is -0.120. The molecule has 2 aromatic heterocycles. The average molecular weight is 308 g/mol. The summed E-state index contributed by atoms with van der Waals surface area (Å²) in [5.41, 5.74) is 3.04. The first kappa shape index (κ1) is 14.3. The molecule has 4 heterocycles. The van der Waals surface area contributed by atoms with Crippen LogP contribution in [-0.2, 0) is 11.3 Å². The number of carbonyl (C=O) groups is 1. The van der Waals surface area contributed by atoms with Gasteiger partial charge in [-0.3, -0.25) is 19.7 Å². The highest BCUT2D eigenvalue weighted by Gasteiger charge is 2.46. The van der Waals surface area contributed by atoms with Crippen LogP contribution in [0.15, 0.2) is 42.7 Å². The van der Waals surface area contributed by atoms with Crippen LogP contribution in [0.1, 0.15) is 11.4 Å². The molecular weight excluding hydrogens is 288 g/mol. The fourth-order valence-corrected chi connectivity index (χ4v) is 3.74. The monoisotopic (exact) mass is 308 g/mol. The molecule has 0 N–H and O–H groups in total. The van der Waals surface area contributed by atoms with Crippen molar-refractivity contribution in [2.75, 3.05) is 24.5 Å². The third-order valence-electron chi connectivity index (χ3n) is 4.81. The van der Waals surface area contributed by atoms with Crippen molar-refractivity contribution in [3.8, 4) is 0 Å². The molecule has 2 saturated heterocycles. The second-order valence-electron chi connectivity index (χ2n) is 6.49. The van der Waals surface area contributed by atoms with Gasteiger partial charge >= 0.3 is 0 Å². The van der Waals surface area contributed by atoms with Crippen LogP contribution < -0.4 is 4.90 Å². The molecule has 0 radical (unpaired) electrons. The molecule has 0 saturated carbocycles. The van der Waals surface area contributed by atoms with Gasteiger partial charge in [0.05, 0.1) is 23.5 Å². The minimum atomic E-state index is 0.111. The summed E-state index contributed by atoms with van der Waals surface area (Å²) in [7, 11) is 0. The smallest absolute Gasteiger partial charge is 0.231 e. The summed E-state index contributed by atoms with van der Waals surface area (Å²) in [4.78, 5) is 25.6. The van der Waals surface area contributed by atoms with Crippen LogP contribution in [0, 0.1) is 18.8 Å². The summed E-state index contributed by atoms with van der Waals surface area (Å²) in [6, 6.07) is 9.96. The van der Waals surface area contributed by atoms with Crippen molar-refractivity contribution in [1.29, 1.82) is 0 Å². The maximum atomic E-state index is 12.7. The maximum Gasteiger partial charge on any atom is 0.231 e. The first-order valence-electron chi connectivity index (χ1n) is 8.07. The van der Waals surface area contributed by atoms with E-state index in [1.54, 1.807) is 12.4 Å². The number of aryl methyl sites for hydroxylation is 1. The topological polar surface area (TPSA) is 49.3 Å². The fraction of sp³-hybridized carbons (Fsp3) is 0.389. The van der Waals surface area contributed by atoms with Gasteiger partial charge in [0.1, 0.15) is 0 Å². The van der Waals surface area contributed by atoms with E-state index in [-0.39, 0.29) is 11.8 Å². The Kier molecular flexibility index (Phi) is 3.58. The van der Waals surface area contributed by atoms with E-state index in [9.17, 15) is 4.79 Å². The molecule has 118 valence electrons. The number of rotatable bonds is 3. The van der Waals surface area contributed by atoms with Gasteiger partial charge < -0.3 is 4.90 Å². The Labute approximate surface area is 136 Å². The molecule has 23 heavy (non-hydrogen) atoms. The number of amides is 1. The molecule has 5 nitrogen and oxygen atoms in total. The van der Waals surface area contributed by atoms with Gasteiger partial charge in [0.25, 0.3) is 0 Å². The molecular formula is C18H20N4O. The lowest BCUT2D eigenvalue weighted by Crippen LogP contribution is -2.32. The van der Waals surface area contributed by atoms with E-state index in [0.717, 1.165) is 43.3 Å². The number of likely N-dealkylation sites (tertiary alicyclic amines) is 1. The zero-order valence-electron chi connectivity index (χ0n) is 13.2. The van der Waals surface area contributed by atoms with Gasteiger partial charge in [-0.05, 0) is 31.2 Å². The molecule has 2 aromatic rings. The average Bonchev–Trinajstić information content (AvgIpc) is 3.07. The first-order valence-corrected chi connectivity index (χ1v) is 8.07. The van der Waals surface area contributed by atoms with Crippen molar-refractivity contribution < 1.29 is 4.79 Å². The van der Waals surface area contributed by atoms with Gasteiger partial charge in [-0.1, -0.05) is 6.07 Å². The van der Waals surface area contributed by atoms with Crippen LogP contribution in [0.4, 0.5) is 5.69 Å². The number of hydrogen-bond donors (Lipinski definition) is 0. The highest BCUT2D eigenvalue weighted by Crippen LogP contribution is 2.35. The van der Waals surface area contributed by atoms with Gasteiger partial charge in [-0.2, -0.15) is 0 Å². The Balaban J connectivity index is 1.44. The maximum absolute atomic E-state index is 12.7. The number of aromatic nitrogens is 2. The minimum absolute atomic E-state index is 0.111. The third-order valence-corrected chi connectivity index (χ3v) is 4.81. The normalized spacial score (nSPS) is 24.2. The second kappa shape index (κ2) is 5.74. The van der Waals surface area contributed by atoms with Crippen molar-refractivity contribution >= 4 is 11.6 Å². The van der Waals surface area contributed by atoms with Crippen molar-refractivity contribution in [2.24, 2.45) is 11.8 Å². The molecule has 0 bridgehead atoms. The number of nitrogens with zero attached hydrogens (tertiary/aromatic N) is 4. The van der Waals surface area contributed by atoms with Gasteiger partial charge in [0.15, 0.2) is 0 Å². The Morgan fingerprint density at radius 1 is 1.17 bits per heavy atom. The third kappa shape index (κ3) is 2.72. The molecule has 4 rings (SSSR count). The van der Waals surface area contributed by atoms with E-state index in [1.807, 2.05) is 36.1 Å². The Morgan fingerprint density at radius 2 is 2.09 bits per heavy atom. The summed E-state index contributed by atoms with van der Waals surface area (Å²) in [6.07, 6.45) is 3.51. The van der Waals surface area contributed by atoms with Gasteiger partial charge in [-0.15, -0.1) is 0 Å². The number of carbonyl (C=O) groups excluding carboxylic acids is 1. The molecule has 0 aromatic carbocycles. The Bertz CT molecular complexity index is 718. The van der Waals surface area contributed by atoms with Gasteiger partial charge in [0, 0.05) is 44.0 Å².